The lowest BCUT2D eigenvalue weighted by molar-refractivity contribution is -0.121. The van der Waals surface area contributed by atoms with E-state index in [2.05, 4.69) is 0 Å². The average molecular weight is 473 g/mol. The van der Waals surface area contributed by atoms with Crippen LogP contribution in [0.3, 0.4) is 0 Å². The molecule has 1 saturated heterocycles. The maximum Gasteiger partial charge on any atom is 0.247 e. The summed E-state index contributed by atoms with van der Waals surface area (Å²) in [7, 11) is 0. The van der Waals surface area contributed by atoms with Gasteiger partial charge in [0.15, 0.2) is 5.17 Å². The fourth-order valence-corrected chi connectivity index (χ4v) is 5.16. The van der Waals surface area contributed by atoms with Gasteiger partial charge >= 0.3 is 0 Å². The number of amidine groups is 1. The van der Waals surface area contributed by atoms with Gasteiger partial charge in [-0.25, -0.2) is 14.3 Å². The highest BCUT2D eigenvalue weighted by Gasteiger charge is 2.42. The molecule has 0 radical (unpaired) electrons. The molecule has 1 fully saturated rings. The molecule has 2 atom stereocenters. The molecular formula is C26H21FN4O2S. The summed E-state index contributed by atoms with van der Waals surface area (Å²) in [4.78, 5) is 26.7. The maximum absolute atomic E-state index is 13.3. The van der Waals surface area contributed by atoms with Crippen LogP contribution in [-0.2, 0) is 9.59 Å². The van der Waals surface area contributed by atoms with Gasteiger partial charge in [-0.2, -0.15) is 5.10 Å². The Bertz CT molecular complexity index is 1260. The Morgan fingerprint density at radius 3 is 2.24 bits per heavy atom. The summed E-state index contributed by atoms with van der Waals surface area (Å²) in [6, 6.07) is 24.7. The summed E-state index contributed by atoms with van der Waals surface area (Å²) in [6.45, 7) is 0. The number of halogens is 1. The van der Waals surface area contributed by atoms with Crippen molar-refractivity contribution in [2.75, 3.05) is 4.90 Å². The van der Waals surface area contributed by atoms with E-state index in [0.717, 1.165) is 33.5 Å². The van der Waals surface area contributed by atoms with Gasteiger partial charge in [-0.15, -0.1) is 0 Å². The third-order valence-corrected chi connectivity index (χ3v) is 6.92. The normalized spacial score (nSPS) is 20.1. The molecule has 2 aliphatic rings. The number of anilines is 1. The highest BCUT2D eigenvalue weighted by molar-refractivity contribution is 8.14. The molecule has 3 aromatic carbocycles. The minimum absolute atomic E-state index is 0.0254. The quantitative estimate of drug-likeness (QED) is 0.330. The molecule has 2 heterocycles. The number of amides is 2. The number of hydrogen-bond acceptors (Lipinski definition) is 5. The van der Waals surface area contributed by atoms with Crippen molar-refractivity contribution in [2.45, 2.75) is 24.1 Å². The number of hydrogen-bond donors (Lipinski definition) is 1. The first-order valence-electron chi connectivity index (χ1n) is 10.9. The number of nitrogens with one attached hydrogen (secondary N) is 1. The van der Waals surface area contributed by atoms with Gasteiger partial charge in [-0.05, 0) is 35.4 Å². The second-order valence-electron chi connectivity index (χ2n) is 8.05. The van der Waals surface area contributed by atoms with Gasteiger partial charge in [0, 0.05) is 12.8 Å². The van der Waals surface area contributed by atoms with Crippen molar-refractivity contribution in [3.63, 3.8) is 0 Å². The molecule has 2 aliphatic heterocycles. The molecule has 1 N–H and O–H groups in total. The molecule has 6 nitrogen and oxygen atoms in total. The lowest BCUT2D eigenvalue weighted by atomic mass is 9.99. The number of thioether (sulfide) groups is 1. The molecule has 170 valence electrons. The molecule has 0 aliphatic carbocycles. The van der Waals surface area contributed by atoms with Gasteiger partial charge in [-0.3, -0.25) is 15.0 Å². The lowest BCUT2D eigenvalue weighted by Crippen LogP contribution is -2.32. The Hall–Kier alpha value is -3.78. The van der Waals surface area contributed by atoms with Crippen LogP contribution in [0.25, 0.3) is 0 Å². The van der Waals surface area contributed by atoms with Crippen LogP contribution in [0, 0.1) is 11.2 Å². The molecule has 2 amide bonds. The number of imide groups is 1. The van der Waals surface area contributed by atoms with Crippen molar-refractivity contribution in [3.05, 3.63) is 102 Å². The zero-order chi connectivity index (χ0) is 23.7. The highest BCUT2D eigenvalue weighted by atomic mass is 32.2. The van der Waals surface area contributed by atoms with E-state index < -0.39 is 17.0 Å². The number of hydrazone groups is 1. The van der Waals surface area contributed by atoms with Crippen LogP contribution in [0.4, 0.5) is 10.1 Å². The topological polar surface area (TPSA) is 76.8 Å². The Morgan fingerprint density at radius 2 is 1.56 bits per heavy atom. The van der Waals surface area contributed by atoms with Crippen molar-refractivity contribution in [1.82, 2.24) is 5.01 Å². The van der Waals surface area contributed by atoms with Crippen LogP contribution in [-0.4, -0.2) is 33.0 Å². The molecular weight excluding hydrogens is 451 g/mol. The summed E-state index contributed by atoms with van der Waals surface area (Å²) >= 11 is 1.03. The van der Waals surface area contributed by atoms with E-state index >= 15 is 0 Å². The van der Waals surface area contributed by atoms with E-state index in [4.69, 9.17) is 10.5 Å². The number of carbonyl (C=O) groups excluding carboxylic acids is 2. The van der Waals surface area contributed by atoms with E-state index in [-0.39, 0.29) is 23.5 Å². The average Bonchev–Trinajstić information content (AvgIpc) is 3.42. The van der Waals surface area contributed by atoms with Gasteiger partial charge in [-0.1, -0.05) is 72.4 Å². The number of nitrogens with zero attached hydrogens (tertiary/aromatic N) is 3. The van der Waals surface area contributed by atoms with Crippen molar-refractivity contribution in [3.8, 4) is 0 Å². The first-order valence-corrected chi connectivity index (χ1v) is 11.7. The van der Waals surface area contributed by atoms with Crippen LogP contribution >= 0.6 is 11.8 Å². The van der Waals surface area contributed by atoms with Crippen LogP contribution < -0.4 is 4.90 Å². The second kappa shape index (κ2) is 9.23. The minimum atomic E-state index is -0.738. The largest absolute Gasteiger partial charge is 0.277 e. The van der Waals surface area contributed by atoms with Crippen molar-refractivity contribution in [1.29, 1.82) is 5.41 Å². The molecule has 8 heteroatoms. The number of rotatable bonds is 4. The van der Waals surface area contributed by atoms with E-state index in [0.29, 0.717) is 12.1 Å². The van der Waals surface area contributed by atoms with Gasteiger partial charge in [0.2, 0.25) is 11.8 Å². The Kier molecular flexibility index (Phi) is 5.98. The minimum Gasteiger partial charge on any atom is -0.277 e. The Balaban J connectivity index is 1.38. The van der Waals surface area contributed by atoms with Gasteiger partial charge in [0.25, 0.3) is 0 Å². The van der Waals surface area contributed by atoms with E-state index in [1.807, 2.05) is 60.7 Å². The molecule has 0 aromatic heterocycles. The van der Waals surface area contributed by atoms with Crippen LogP contribution in [0.1, 0.15) is 30.0 Å². The summed E-state index contributed by atoms with van der Waals surface area (Å²) in [5.74, 6) is -1.21. The fourth-order valence-electron chi connectivity index (χ4n) is 4.18. The predicted molar refractivity (Wildman–Crippen MR) is 131 cm³/mol. The molecule has 3 aromatic rings. The monoisotopic (exact) mass is 472 g/mol. The fraction of sp³-hybridized carbons (Fsp3) is 0.154. The Labute approximate surface area is 200 Å². The maximum atomic E-state index is 13.3. The van der Waals surface area contributed by atoms with Crippen molar-refractivity contribution >= 4 is 40.1 Å². The third kappa shape index (κ3) is 4.24. The highest BCUT2D eigenvalue weighted by Crippen LogP contribution is 2.37. The summed E-state index contributed by atoms with van der Waals surface area (Å²) < 4.78 is 13.3. The Morgan fingerprint density at radius 1 is 0.912 bits per heavy atom. The van der Waals surface area contributed by atoms with Crippen LogP contribution in [0.2, 0.25) is 0 Å². The molecule has 34 heavy (non-hydrogen) atoms. The zero-order valence-corrected chi connectivity index (χ0v) is 18.9. The van der Waals surface area contributed by atoms with Crippen molar-refractivity contribution in [2.24, 2.45) is 5.10 Å². The molecule has 0 unspecified atom stereocenters. The lowest BCUT2D eigenvalue weighted by Gasteiger charge is -2.24. The van der Waals surface area contributed by atoms with E-state index in [1.165, 1.54) is 24.3 Å². The molecule has 0 spiro atoms. The third-order valence-electron chi connectivity index (χ3n) is 5.85. The zero-order valence-electron chi connectivity index (χ0n) is 18.1. The standard InChI is InChI=1S/C26H21FN4O2S/c27-19-11-13-20(14-12-19)30-24(32)16-23(25(30)33)34-26(28)31-22(18-9-5-2-6-10-18)15-21(29-31)17-7-3-1-4-8-17/h1-14,22-23,28H,15-16H2/t22-,23+/m1/s1. The first-order chi connectivity index (χ1) is 16.5. The number of benzene rings is 3. The SMILES string of the molecule is N=C(S[C@H]1CC(=O)N(c2ccc(F)cc2)C1=O)N1N=C(c2ccccc2)C[C@@H]1c1ccccc1. The van der Waals surface area contributed by atoms with Crippen molar-refractivity contribution < 1.29 is 14.0 Å². The second-order valence-corrected chi connectivity index (χ2v) is 9.24. The van der Waals surface area contributed by atoms with Crippen LogP contribution in [0.15, 0.2) is 90.0 Å². The van der Waals surface area contributed by atoms with Gasteiger partial charge in [0.05, 0.1) is 17.4 Å². The molecule has 5 rings (SSSR count). The van der Waals surface area contributed by atoms with Gasteiger partial charge in [0.1, 0.15) is 11.1 Å². The number of carbonyl (C=O) groups is 2. The molecule has 0 bridgehead atoms. The van der Waals surface area contributed by atoms with Gasteiger partial charge < -0.3 is 0 Å². The summed E-state index contributed by atoms with van der Waals surface area (Å²) in [5.41, 5.74) is 3.20. The summed E-state index contributed by atoms with van der Waals surface area (Å²) in [6.07, 6.45) is 0.596. The summed E-state index contributed by atoms with van der Waals surface area (Å²) in [5, 5.41) is 14.5. The first kappa shape index (κ1) is 22.0. The van der Waals surface area contributed by atoms with Crippen LogP contribution in [0.5, 0.6) is 0 Å². The smallest absolute Gasteiger partial charge is 0.247 e. The predicted octanol–water partition coefficient (Wildman–Crippen LogP) is 4.98. The van der Waals surface area contributed by atoms with E-state index in [1.54, 1.807) is 5.01 Å². The molecule has 0 saturated carbocycles. The van der Waals surface area contributed by atoms with E-state index in [9.17, 15) is 14.0 Å².